The predicted molar refractivity (Wildman–Crippen MR) is 144 cm³/mol. The van der Waals surface area contributed by atoms with Crippen molar-refractivity contribution in [2.45, 2.75) is 20.8 Å². The van der Waals surface area contributed by atoms with Gasteiger partial charge in [0, 0.05) is 22.0 Å². The van der Waals surface area contributed by atoms with Crippen molar-refractivity contribution in [1.82, 2.24) is 9.97 Å². The summed E-state index contributed by atoms with van der Waals surface area (Å²) in [6.07, 6.45) is 0. The Hall–Kier alpha value is -4.24. The van der Waals surface area contributed by atoms with Gasteiger partial charge in [-0.3, -0.25) is 0 Å². The van der Waals surface area contributed by atoms with Crippen LogP contribution in [0.5, 0.6) is 0 Å². The summed E-state index contributed by atoms with van der Waals surface area (Å²) < 4.78 is 0. The minimum absolute atomic E-state index is 0.829. The zero-order valence-corrected chi connectivity index (χ0v) is 19.6. The lowest BCUT2D eigenvalue weighted by Gasteiger charge is -2.18. The summed E-state index contributed by atoms with van der Waals surface area (Å²) >= 11 is 0. The summed E-state index contributed by atoms with van der Waals surface area (Å²) in [6.45, 7) is 6.34. The van der Waals surface area contributed by atoms with Crippen LogP contribution < -0.4 is 5.32 Å². The van der Waals surface area contributed by atoms with Crippen molar-refractivity contribution < 1.29 is 0 Å². The molecule has 6 rings (SSSR count). The van der Waals surface area contributed by atoms with Gasteiger partial charge >= 0.3 is 0 Å². The molecule has 0 aliphatic carbocycles. The molecule has 0 spiro atoms. The number of fused-ring (bicyclic) bond motifs is 4. The smallest absolute Gasteiger partial charge is 0.141 e. The van der Waals surface area contributed by atoms with Crippen molar-refractivity contribution in [1.29, 1.82) is 0 Å². The second-order valence-electron chi connectivity index (χ2n) is 9.02. The van der Waals surface area contributed by atoms with Crippen LogP contribution in [0.15, 0.2) is 91.0 Å². The van der Waals surface area contributed by atoms with E-state index >= 15 is 0 Å². The van der Waals surface area contributed by atoms with E-state index in [0.29, 0.717) is 0 Å². The van der Waals surface area contributed by atoms with Crippen LogP contribution in [-0.4, -0.2) is 9.97 Å². The van der Waals surface area contributed by atoms with Gasteiger partial charge in [-0.15, -0.1) is 0 Å². The Bertz CT molecular complexity index is 1680. The Labute approximate surface area is 199 Å². The zero-order chi connectivity index (χ0) is 23.2. The lowest BCUT2D eigenvalue weighted by atomic mass is 9.94. The maximum Gasteiger partial charge on any atom is 0.141 e. The standard InChI is InChI=1S/C31H25N3/c1-19-12-15-23(16-13-19)32-31-28-27(22-9-5-4-6-10-22)25-18-20(2)14-17-26(25)33-30(28)24-11-7-8-21(3)29(24)34-31/h4-18H,1-3H3,(H,32,34). The Morgan fingerprint density at radius 2 is 1.38 bits per heavy atom. The first-order valence-corrected chi connectivity index (χ1v) is 11.6. The van der Waals surface area contributed by atoms with Gasteiger partial charge in [0.2, 0.25) is 0 Å². The van der Waals surface area contributed by atoms with Gasteiger partial charge in [-0.1, -0.05) is 77.9 Å². The molecule has 6 aromatic rings. The molecule has 3 nitrogen and oxygen atoms in total. The van der Waals surface area contributed by atoms with Crippen molar-refractivity contribution >= 4 is 44.2 Å². The minimum atomic E-state index is 0.829. The van der Waals surface area contributed by atoms with Crippen molar-refractivity contribution in [2.24, 2.45) is 0 Å². The van der Waals surface area contributed by atoms with Crippen LogP contribution >= 0.6 is 0 Å². The summed E-state index contributed by atoms with van der Waals surface area (Å²) in [5, 5.41) is 6.89. The average Bonchev–Trinajstić information content (AvgIpc) is 2.85. The molecule has 2 heterocycles. The molecule has 2 aromatic heterocycles. The number of pyridine rings is 2. The van der Waals surface area contributed by atoms with Crippen molar-refractivity contribution in [2.75, 3.05) is 5.32 Å². The highest BCUT2D eigenvalue weighted by Crippen LogP contribution is 2.41. The molecule has 34 heavy (non-hydrogen) atoms. The number of nitrogens with zero attached hydrogens (tertiary/aromatic N) is 2. The van der Waals surface area contributed by atoms with Crippen molar-refractivity contribution in [3.63, 3.8) is 0 Å². The Morgan fingerprint density at radius 1 is 0.618 bits per heavy atom. The summed E-state index contributed by atoms with van der Waals surface area (Å²) in [5.74, 6) is 0.829. The third kappa shape index (κ3) is 3.37. The van der Waals surface area contributed by atoms with E-state index in [1.165, 1.54) is 11.1 Å². The molecular weight excluding hydrogens is 414 g/mol. The number of benzene rings is 4. The summed E-state index contributed by atoms with van der Waals surface area (Å²) in [7, 11) is 0. The lowest BCUT2D eigenvalue weighted by molar-refractivity contribution is 1.35. The summed E-state index contributed by atoms with van der Waals surface area (Å²) in [6, 6.07) is 31.9. The second-order valence-corrected chi connectivity index (χ2v) is 9.02. The van der Waals surface area contributed by atoms with Gasteiger partial charge in [0.25, 0.3) is 0 Å². The van der Waals surface area contributed by atoms with E-state index in [9.17, 15) is 0 Å². The van der Waals surface area contributed by atoms with Gasteiger partial charge in [0.05, 0.1) is 21.9 Å². The first-order chi connectivity index (χ1) is 16.6. The molecule has 0 atom stereocenters. The maximum atomic E-state index is 5.21. The van der Waals surface area contributed by atoms with E-state index in [1.807, 2.05) is 0 Å². The molecule has 0 unspecified atom stereocenters. The van der Waals surface area contributed by atoms with Gasteiger partial charge < -0.3 is 5.32 Å². The van der Waals surface area contributed by atoms with Gasteiger partial charge in [0.15, 0.2) is 0 Å². The van der Waals surface area contributed by atoms with E-state index in [-0.39, 0.29) is 0 Å². The molecule has 1 N–H and O–H groups in total. The molecule has 0 saturated heterocycles. The highest BCUT2D eigenvalue weighted by molar-refractivity contribution is 6.20. The van der Waals surface area contributed by atoms with E-state index in [4.69, 9.17) is 9.97 Å². The second kappa shape index (κ2) is 7.96. The average molecular weight is 440 g/mol. The normalized spacial score (nSPS) is 11.4. The van der Waals surface area contributed by atoms with Crippen LogP contribution in [0.1, 0.15) is 16.7 Å². The van der Waals surface area contributed by atoms with Gasteiger partial charge in [-0.2, -0.15) is 0 Å². The van der Waals surface area contributed by atoms with E-state index in [0.717, 1.165) is 60.9 Å². The minimum Gasteiger partial charge on any atom is -0.340 e. The molecule has 0 amide bonds. The van der Waals surface area contributed by atoms with E-state index < -0.39 is 0 Å². The number of aromatic nitrogens is 2. The van der Waals surface area contributed by atoms with Crippen LogP contribution in [-0.2, 0) is 0 Å². The van der Waals surface area contributed by atoms with Gasteiger partial charge in [-0.05, 0) is 56.2 Å². The Morgan fingerprint density at radius 3 is 2.18 bits per heavy atom. The maximum absolute atomic E-state index is 5.21. The number of nitrogens with one attached hydrogen (secondary N) is 1. The SMILES string of the molecule is Cc1ccc(Nc2nc3c(C)cccc3c3nc4ccc(C)cc4c(-c4ccccc4)c23)cc1. The van der Waals surface area contributed by atoms with E-state index in [1.54, 1.807) is 0 Å². The first-order valence-electron chi connectivity index (χ1n) is 11.6. The molecule has 0 radical (unpaired) electrons. The molecule has 164 valence electrons. The molecule has 3 heteroatoms. The monoisotopic (exact) mass is 439 g/mol. The number of rotatable bonds is 3. The Balaban J connectivity index is 1.81. The molecule has 0 aliphatic rings. The number of aryl methyl sites for hydroxylation is 3. The molecule has 4 aromatic carbocycles. The predicted octanol–water partition coefficient (Wildman–Crippen LogP) is 8.27. The van der Waals surface area contributed by atoms with Crippen LogP contribution in [0, 0.1) is 20.8 Å². The zero-order valence-electron chi connectivity index (χ0n) is 19.6. The topological polar surface area (TPSA) is 37.8 Å². The largest absolute Gasteiger partial charge is 0.340 e. The quantitative estimate of drug-likeness (QED) is 0.223. The molecular formula is C31H25N3. The fraction of sp³-hybridized carbons (Fsp3) is 0.0968. The van der Waals surface area contributed by atoms with Crippen molar-refractivity contribution in [3.8, 4) is 11.1 Å². The molecule has 0 fully saturated rings. The van der Waals surface area contributed by atoms with Crippen LogP contribution in [0.4, 0.5) is 11.5 Å². The molecule has 0 saturated carbocycles. The fourth-order valence-corrected chi connectivity index (χ4v) is 4.74. The molecule has 0 bridgehead atoms. The number of hydrogen-bond acceptors (Lipinski definition) is 3. The highest BCUT2D eigenvalue weighted by atomic mass is 15.0. The number of para-hydroxylation sites is 1. The first kappa shape index (κ1) is 20.4. The van der Waals surface area contributed by atoms with Crippen LogP contribution in [0.3, 0.4) is 0 Å². The molecule has 0 aliphatic heterocycles. The van der Waals surface area contributed by atoms with Crippen LogP contribution in [0.2, 0.25) is 0 Å². The highest BCUT2D eigenvalue weighted by Gasteiger charge is 2.19. The summed E-state index contributed by atoms with van der Waals surface area (Å²) in [5.41, 5.74) is 9.85. The lowest BCUT2D eigenvalue weighted by Crippen LogP contribution is -2.01. The fourth-order valence-electron chi connectivity index (χ4n) is 4.74. The number of anilines is 2. The third-order valence-corrected chi connectivity index (χ3v) is 6.47. The van der Waals surface area contributed by atoms with Gasteiger partial charge in [-0.25, -0.2) is 9.97 Å². The third-order valence-electron chi connectivity index (χ3n) is 6.47. The van der Waals surface area contributed by atoms with Gasteiger partial charge in [0.1, 0.15) is 5.82 Å². The van der Waals surface area contributed by atoms with E-state index in [2.05, 4.69) is 117 Å². The number of hydrogen-bond donors (Lipinski definition) is 1. The van der Waals surface area contributed by atoms with Crippen molar-refractivity contribution in [3.05, 3.63) is 108 Å². The Kier molecular flexibility index (Phi) is 4.77. The van der Waals surface area contributed by atoms with Crippen LogP contribution in [0.25, 0.3) is 43.8 Å². The summed E-state index contributed by atoms with van der Waals surface area (Å²) in [4.78, 5) is 10.4.